The van der Waals surface area contributed by atoms with Crippen molar-refractivity contribution in [3.8, 4) is 0 Å². The molecule has 0 radical (unpaired) electrons. The molecule has 64 heavy (non-hydrogen) atoms. The Bertz CT molecular complexity index is 1620. The molecular formula is C46H76O18. The van der Waals surface area contributed by atoms with E-state index in [1.807, 2.05) is 6.92 Å². The number of fused-ring (bicyclic) bond motifs is 7. The van der Waals surface area contributed by atoms with Crippen molar-refractivity contribution in [2.24, 2.45) is 46.3 Å². The van der Waals surface area contributed by atoms with E-state index in [1.165, 1.54) is 12.5 Å². The summed E-state index contributed by atoms with van der Waals surface area (Å²) < 4.78 is 48.9. The Labute approximate surface area is 375 Å². The van der Waals surface area contributed by atoms with E-state index in [2.05, 4.69) is 26.8 Å². The molecule has 0 aromatic rings. The van der Waals surface area contributed by atoms with E-state index in [9.17, 15) is 51.1 Å². The minimum absolute atomic E-state index is 0.0284. The third-order valence-electron chi connectivity index (χ3n) is 17.7. The van der Waals surface area contributed by atoms with Gasteiger partial charge in [-0.2, -0.15) is 0 Å². The highest BCUT2D eigenvalue weighted by atomic mass is 16.8. The average Bonchev–Trinajstić information content (AvgIpc) is 3.74. The van der Waals surface area contributed by atoms with E-state index in [0.717, 1.165) is 32.1 Å². The zero-order valence-corrected chi connectivity index (χ0v) is 38.1. The van der Waals surface area contributed by atoms with Crippen LogP contribution in [0.25, 0.3) is 0 Å². The molecule has 0 spiro atoms. The average molecular weight is 917 g/mol. The first-order valence-electron chi connectivity index (χ1n) is 23.8. The number of hydrogen-bond acceptors (Lipinski definition) is 18. The van der Waals surface area contributed by atoms with E-state index in [0.29, 0.717) is 49.4 Å². The third-order valence-corrected chi connectivity index (χ3v) is 17.7. The van der Waals surface area contributed by atoms with Crippen molar-refractivity contribution in [1.82, 2.24) is 0 Å². The highest BCUT2D eigenvalue weighted by Crippen LogP contribution is 2.70. The van der Waals surface area contributed by atoms with Gasteiger partial charge in [-0.05, 0) is 98.7 Å². The molecule has 10 N–H and O–H groups in total. The summed E-state index contributed by atoms with van der Waals surface area (Å²) in [5, 5.41) is 104. The van der Waals surface area contributed by atoms with Crippen molar-refractivity contribution in [3.05, 3.63) is 11.6 Å². The molecule has 7 fully saturated rings. The summed E-state index contributed by atoms with van der Waals surface area (Å²) in [6.07, 6.45) is -10.5. The maximum Gasteiger partial charge on any atom is 0.187 e. The van der Waals surface area contributed by atoms with Crippen molar-refractivity contribution in [3.63, 3.8) is 0 Å². The largest absolute Gasteiger partial charge is 0.394 e. The number of hydrogen-bond donors (Lipinski definition) is 10. The Morgan fingerprint density at radius 1 is 0.750 bits per heavy atom. The molecule has 26 atom stereocenters. The predicted molar refractivity (Wildman–Crippen MR) is 222 cm³/mol. The van der Waals surface area contributed by atoms with Crippen molar-refractivity contribution in [1.29, 1.82) is 0 Å². The van der Waals surface area contributed by atoms with Gasteiger partial charge in [-0.3, -0.25) is 0 Å². The molecule has 0 aromatic heterocycles. The fourth-order valence-corrected chi connectivity index (χ4v) is 13.8. The molecule has 4 saturated heterocycles. The molecular weight excluding hydrogens is 840 g/mol. The van der Waals surface area contributed by atoms with Gasteiger partial charge in [0.1, 0.15) is 67.1 Å². The van der Waals surface area contributed by atoms with Crippen LogP contribution >= 0.6 is 0 Å². The molecule has 4 aliphatic carbocycles. The summed E-state index contributed by atoms with van der Waals surface area (Å²) in [6.45, 7) is 9.84. The van der Waals surface area contributed by atoms with Crippen LogP contribution in [0.4, 0.5) is 0 Å². The fourth-order valence-electron chi connectivity index (χ4n) is 13.8. The van der Waals surface area contributed by atoms with E-state index < -0.39 is 111 Å². The van der Waals surface area contributed by atoms with Gasteiger partial charge < -0.3 is 89.0 Å². The quantitative estimate of drug-likeness (QED) is 0.107. The van der Waals surface area contributed by atoms with Crippen LogP contribution in [0.5, 0.6) is 0 Å². The Kier molecular flexibility index (Phi) is 14.7. The van der Waals surface area contributed by atoms with Crippen LogP contribution in [-0.2, 0) is 37.9 Å². The van der Waals surface area contributed by atoms with Gasteiger partial charge in [-0.15, -0.1) is 0 Å². The SMILES string of the molecule is COC1(CCC(C)COC2OC(CO)C(O)C(O)C2O)OC2CC3C4CC=C5CC(OC6OC(CO)C(O)C(O)C6OC6OC(C)C(O)C(O)C6O)CCC5(C)C4CCC3(C)C2C1C. The first kappa shape index (κ1) is 49.4. The van der Waals surface area contributed by atoms with Crippen LogP contribution in [0.1, 0.15) is 92.4 Å². The molecule has 4 heterocycles. The van der Waals surface area contributed by atoms with E-state index in [1.54, 1.807) is 7.11 Å². The van der Waals surface area contributed by atoms with E-state index >= 15 is 0 Å². The Balaban J connectivity index is 0.896. The van der Waals surface area contributed by atoms with Crippen LogP contribution in [0.2, 0.25) is 0 Å². The third kappa shape index (κ3) is 8.48. The standard InChI is InChI=1S/C46H76O18/c1-20(19-58-41-38(55)36(53)33(50)29(17-47)61-41)9-14-46(57-6)21(2)31-28(64-46)16-27-25-8-7-23-15-24(10-12-44(23,4)26(25)11-13-45(27,31)5)60-43-40(37(54)34(51)30(18-48)62-43)63-42-39(56)35(52)32(49)22(3)59-42/h7,20-22,24-43,47-56H,8-19H2,1-6H3. The van der Waals surface area contributed by atoms with Crippen molar-refractivity contribution in [2.45, 2.75) is 203 Å². The van der Waals surface area contributed by atoms with Crippen LogP contribution < -0.4 is 0 Å². The second kappa shape index (κ2) is 19.1. The van der Waals surface area contributed by atoms with Gasteiger partial charge in [-0.25, -0.2) is 0 Å². The lowest BCUT2D eigenvalue weighted by Crippen LogP contribution is -2.64. The minimum Gasteiger partial charge on any atom is -0.394 e. The summed E-state index contributed by atoms with van der Waals surface area (Å²) in [6, 6.07) is 0. The smallest absolute Gasteiger partial charge is 0.187 e. The molecule has 3 saturated carbocycles. The molecule has 26 unspecified atom stereocenters. The topological polar surface area (TPSA) is 276 Å². The fraction of sp³-hybridized carbons (Fsp3) is 0.957. The van der Waals surface area contributed by atoms with E-state index in [4.69, 9.17) is 37.9 Å². The second-order valence-corrected chi connectivity index (χ2v) is 21.2. The minimum atomic E-state index is -1.64. The van der Waals surface area contributed by atoms with Gasteiger partial charge in [0.05, 0.1) is 38.1 Å². The normalized spacial score (nSPS) is 54.3. The Morgan fingerprint density at radius 3 is 2.09 bits per heavy atom. The number of aliphatic hydroxyl groups is 10. The van der Waals surface area contributed by atoms with Crippen molar-refractivity contribution < 1.29 is 89.0 Å². The number of aliphatic hydroxyl groups excluding tert-OH is 10. The zero-order valence-electron chi connectivity index (χ0n) is 38.1. The van der Waals surface area contributed by atoms with Gasteiger partial charge in [-0.1, -0.05) is 39.3 Å². The monoisotopic (exact) mass is 917 g/mol. The summed E-state index contributed by atoms with van der Waals surface area (Å²) >= 11 is 0. The van der Waals surface area contributed by atoms with E-state index in [-0.39, 0.29) is 41.5 Å². The van der Waals surface area contributed by atoms with Crippen LogP contribution in [0.3, 0.4) is 0 Å². The van der Waals surface area contributed by atoms with Gasteiger partial charge >= 0.3 is 0 Å². The molecule has 0 amide bonds. The molecule has 8 rings (SSSR count). The molecule has 18 nitrogen and oxygen atoms in total. The first-order chi connectivity index (χ1) is 30.3. The van der Waals surface area contributed by atoms with Gasteiger partial charge in [0.15, 0.2) is 24.7 Å². The maximum atomic E-state index is 11.2. The second-order valence-electron chi connectivity index (χ2n) is 21.2. The highest BCUT2D eigenvalue weighted by Gasteiger charge is 2.68. The molecule has 8 aliphatic rings. The molecule has 4 aliphatic heterocycles. The number of methoxy groups -OCH3 is 1. The summed E-state index contributed by atoms with van der Waals surface area (Å²) in [5.74, 6) is 1.17. The number of allylic oxidation sites excluding steroid dienone is 1. The van der Waals surface area contributed by atoms with Crippen molar-refractivity contribution >= 4 is 0 Å². The predicted octanol–water partition coefficient (Wildman–Crippen LogP) is -0.177. The Hall–Kier alpha value is -0.980. The van der Waals surface area contributed by atoms with Crippen LogP contribution in [0.15, 0.2) is 11.6 Å². The highest BCUT2D eigenvalue weighted by molar-refractivity contribution is 5.26. The molecule has 0 aromatic carbocycles. The lowest BCUT2D eigenvalue weighted by Gasteiger charge is -2.58. The molecule has 18 heteroatoms. The van der Waals surface area contributed by atoms with Crippen molar-refractivity contribution in [2.75, 3.05) is 26.9 Å². The van der Waals surface area contributed by atoms with Crippen LogP contribution in [0, 0.1) is 46.3 Å². The first-order valence-corrected chi connectivity index (χ1v) is 23.8. The lowest BCUT2D eigenvalue weighted by molar-refractivity contribution is -0.369. The van der Waals surface area contributed by atoms with Gasteiger partial charge in [0.25, 0.3) is 0 Å². The van der Waals surface area contributed by atoms with Crippen LogP contribution in [-0.4, -0.2) is 188 Å². The van der Waals surface area contributed by atoms with Gasteiger partial charge in [0, 0.05) is 19.4 Å². The lowest BCUT2D eigenvalue weighted by atomic mass is 9.47. The molecule has 0 bridgehead atoms. The Morgan fingerprint density at radius 2 is 1.41 bits per heavy atom. The number of rotatable bonds is 13. The molecule has 368 valence electrons. The maximum absolute atomic E-state index is 11.2. The summed E-state index contributed by atoms with van der Waals surface area (Å²) in [4.78, 5) is 0. The summed E-state index contributed by atoms with van der Waals surface area (Å²) in [7, 11) is 1.73. The number of ether oxygens (including phenoxy) is 8. The van der Waals surface area contributed by atoms with Gasteiger partial charge in [0.2, 0.25) is 0 Å². The zero-order chi connectivity index (χ0) is 46.2. The summed E-state index contributed by atoms with van der Waals surface area (Å²) in [5.41, 5.74) is 1.36.